The van der Waals surface area contributed by atoms with Crippen LogP contribution in [0.1, 0.15) is 46.3 Å². The monoisotopic (exact) mass is 253 g/mol. The van der Waals surface area contributed by atoms with E-state index in [-0.39, 0.29) is 0 Å². The van der Waals surface area contributed by atoms with Crippen molar-refractivity contribution in [1.29, 1.82) is 0 Å². The summed E-state index contributed by atoms with van der Waals surface area (Å²) in [5.41, 5.74) is 2.76. The van der Waals surface area contributed by atoms with Crippen LogP contribution >= 0.6 is 0 Å². The molecular weight excluding hydrogens is 230 g/mol. The average molecular weight is 253 g/mol. The average Bonchev–Trinajstić information content (AvgIpc) is 2.25. The molecule has 3 N–H and O–H groups in total. The molecule has 1 rings (SSSR count). The number of benzene rings is 1. The molecule has 0 aromatic heterocycles. The summed E-state index contributed by atoms with van der Waals surface area (Å²) in [4.78, 5) is 5.52. The van der Waals surface area contributed by atoms with Crippen molar-refractivity contribution in [1.82, 2.24) is 0 Å². The summed E-state index contributed by atoms with van der Waals surface area (Å²) < 4.78 is 0. The lowest BCUT2D eigenvalue weighted by atomic mass is 9.90. The number of anilines is 1. The van der Waals surface area contributed by atoms with Gasteiger partial charge in [-0.05, 0) is 52.3 Å². The molecule has 0 aliphatic heterocycles. The Balaban J connectivity index is 2.64. The van der Waals surface area contributed by atoms with Crippen LogP contribution in [0.5, 0.6) is 0 Å². The van der Waals surface area contributed by atoms with Gasteiger partial charge in [-0.15, -0.1) is 0 Å². The lowest BCUT2D eigenvalue weighted by Gasteiger charge is -2.36. The first-order valence-electron chi connectivity index (χ1n) is 6.08. The van der Waals surface area contributed by atoms with E-state index in [0.29, 0.717) is 0 Å². The summed E-state index contributed by atoms with van der Waals surface area (Å²) in [5, 5.41) is 19.3. The summed E-state index contributed by atoms with van der Waals surface area (Å²) in [6.45, 7) is 8.74. The summed E-state index contributed by atoms with van der Waals surface area (Å²) in [6, 6.07) is 7.30. The van der Waals surface area contributed by atoms with Crippen LogP contribution in [0.3, 0.4) is 0 Å². The fourth-order valence-electron chi connectivity index (χ4n) is 1.14. The molecule has 0 saturated carbocycles. The smallest absolute Gasteiger partial charge is 0.118 e. The quantitative estimate of drug-likeness (QED) is 0.706. The van der Waals surface area contributed by atoms with Gasteiger partial charge in [0.05, 0.1) is 17.4 Å². The normalized spacial score (nSPS) is 14.4. The first kappa shape index (κ1) is 15.0. The third kappa shape index (κ3) is 3.70. The molecule has 0 radical (unpaired) electrons. The fraction of sp³-hybridized carbons (Fsp3) is 0.571. The highest BCUT2D eigenvalue weighted by Gasteiger charge is 2.36. The van der Waals surface area contributed by atoms with E-state index in [4.69, 9.17) is 4.84 Å². The zero-order chi connectivity index (χ0) is 14.0. The molecule has 1 aromatic carbocycles. The maximum atomic E-state index is 9.94. The molecule has 1 atom stereocenters. The van der Waals surface area contributed by atoms with Gasteiger partial charge in [0.15, 0.2) is 0 Å². The van der Waals surface area contributed by atoms with Gasteiger partial charge in [-0.3, -0.25) is 10.3 Å². The predicted molar refractivity (Wildman–Crippen MR) is 72.2 cm³/mol. The van der Waals surface area contributed by atoms with E-state index in [0.717, 1.165) is 11.3 Å². The second-order valence-corrected chi connectivity index (χ2v) is 5.57. The van der Waals surface area contributed by atoms with Gasteiger partial charge < -0.3 is 10.2 Å². The van der Waals surface area contributed by atoms with Crippen LogP contribution < -0.4 is 5.48 Å². The summed E-state index contributed by atoms with van der Waals surface area (Å²) in [6.07, 6.45) is -0.479. The Bertz CT molecular complexity index is 377. The Morgan fingerprint density at radius 1 is 1.11 bits per heavy atom. The molecule has 0 heterocycles. The summed E-state index contributed by atoms with van der Waals surface area (Å²) >= 11 is 0. The van der Waals surface area contributed by atoms with Gasteiger partial charge >= 0.3 is 0 Å². The van der Waals surface area contributed by atoms with E-state index in [1.165, 1.54) is 0 Å². The molecule has 102 valence electrons. The van der Waals surface area contributed by atoms with Crippen molar-refractivity contribution < 1.29 is 15.1 Å². The molecule has 0 aliphatic carbocycles. The third-order valence-electron chi connectivity index (χ3n) is 3.29. The topological polar surface area (TPSA) is 61.7 Å². The fourth-order valence-corrected chi connectivity index (χ4v) is 1.14. The molecule has 0 aliphatic rings. The maximum Gasteiger partial charge on any atom is 0.118 e. The standard InChI is InChI=1S/C14H23NO3/c1-10(16)11-6-8-12(9-7-11)15-18-14(4,5)13(2,3)17/h6-10,15-17H,1-5H3. The second kappa shape index (κ2) is 5.26. The van der Waals surface area contributed by atoms with E-state index in [2.05, 4.69) is 5.48 Å². The molecule has 4 nitrogen and oxygen atoms in total. The highest BCUT2D eigenvalue weighted by Crippen LogP contribution is 2.25. The van der Waals surface area contributed by atoms with Crippen LogP contribution in [0.25, 0.3) is 0 Å². The van der Waals surface area contributed by atoms with Gasteiger partial charge in [0.25, 0.3) is 0 Å². The van der Waals surface area contributed by atoms with Gasteiger partial charge in [0, 0.05) is 0 Å². The van der Waals surface area contributed by atoms with Crippen molar-refractivity contribution in [2.45, 2.75) is 51.9 Å². The van der Waals surface area contributed by atoms with Gasteiger partial charge in [0.2, 0.25) is 0 Å². The van der Waals surface area contributed by atoms with Gasteiger partial charge in [0.1, 0.15) is 5.60 Å². The Morgan fingerprint density at radius 2 is 1.61 bits per heavy atom. The van der Waals surface area contributed by atoms with E-state index in [1.54, 1.807) is 20.8 Å². The zero-order valence-corrected chi connectivity index (χ0v) is 11.7. The van der Waals surface area contributed by atoms with Crippen molar-refractivity contribution in [2.75, 3.05) is 5.48 Å². The number of rotatable bonds is 5. The molecule has 0 fully saturated rings. The van der Waals surface area contributed by atoms with Crippen molar-refractivity contribution in [3.63, 3.8) is 0 Å². The van der Waals surface area contributed by atoms with Crippen molar-refractivity contribution in [2.24, 2.45) is 0 Å². The number of nitrogens with one attached hydrogen (secondary N) is 1. The van der Waals surface area contributed by atoms with Crippen LogP contribution in [0.2, 0.25) is 0 Å². The highest BCUT2D eigenvalue weighted by molar-refractivity contribution is 5.43. The van der Waals surface area contributed by atoms with Crippen LogP contribution in [0, 0.1) is 0 Å². The van der Waals surface area contributed by atoms with Crippen molar-refractivity contribution in [3.8, 4) is 0 Å². The molecule has 0 saturated heterocycles. The van der Waals surface area contributed by atoms with Crippen LogP contribution in [0.4, 0.5) is 5.69 Å². The molecule has 4 heteroatoms. The largest absolute Gasteiger partial charge is 0.389 e. The van der Waals surface area contributed by atoms with Crippen LogP contribution in [0.15, 0.2) is 24.3 Å². The van der Waals surface area contributed by atoms with E-state index < -0.39 is 17.3 Å². The molecule has 18 heavy (non-hydrogen) atoms. The van der Waals surface area contributed by atoms with Crippen LogP contribution in [-0.4, -0.2) is 21.4 Å². The summed E-state index contributed by atoms with van der Waals surface area (Å²) in [5.74, 6) is 0. The Kier molecular flexibility index (Phi) is 4.37. The summed E-state index contributed by atoms with van der Waals surface area (Å²) in [7, 11) is 0. The van der Waals surface area contributed by atoms with Gasteiger partial charge in [-0.2, -0.15) is 0 Å². The number of aliphatic hydroxyl groups is 2. The minimum Gasteiger partial charge on any atom is -0.389 e. The second-order valence-electron chi connectivity index (χ2n) is 5.57. The van der Waals surface area contributed by atoms with Gasteiger partial charge in [-0.1, -0.05) is 12.1 Å². The SMILES string of the molecule is CC(O)c1ccc(NOC(C)(C)C(C)(C)O)cc1. The Labute approximate surface area is 109 Å². The van der Waals surface area contributed by atoms with Crippen molar-refractivity contribution in [3.05, 3.63) is 29.8 Å². The first-order chi connectivity index (χ1) is 8.13. The first-order valence-corrected chi connectivity index (χ1v) is 6.08. The minimum absolute atomic E-state index is 0.479. The Hall–Kier alpha value is -1.10. The molecular formula is C14H23NO3. The maximum absolute atomic E-state index is 9.94. The van der Waals surface area contributed by atoms with E-state index in [9.17, 15) is 10.2 Å². The number of hydrogen-bond acceptors (Lipinski definition) is 4. The molecule has 0 bridgehead atoms. The highest BCUT2D eigenvalue weighted by atomic mass is 16.7. The Morgan fingerprint density at radius 3 is 2.00 bits per heavy atom. The number of hydrogen-bond donors (Lipinski definition) is 3. The molecule has 1 aromatic rings. The predicted octanol–water partition coefficient (Wildman–Crippen LogP) is 2.63. The molecule has 0 spiro atoms. The molecule has 0 amide bonds. The van der Waals surface area contributed by atoms with E-state index in [1.807, 2.05) is 38.1 Å². The lowest BCUT2D eigenvalue weighted by Crippen LogP contribution is -2.48. The minimum atomic E-state index is -0.959. The zero-order valence-electron chi connectivity index (χ0n) is 11.7. The van der Waals surface area contributed by atoms with Gasteiger partial charge in [-0.25, -0.2) is 0 Å². The molecule has 1 unspecified atom stereocenters. The number of aliphatic hydroxyl groups excluding tert-OH is 1. The lowest BCUT2D eigenvalue weighted by molar-refractivity contribution is -0.130. The van der Waals surface area contributed by atoms with Crippen LogP contribution in [-0.2, 0) is 4.84 Å². The van der Waals surface area contributed by atoms with E-state index >= 15 is 0 Å². The van der Waals surface area contributed by atoms with Crippen molar-refractivity contribution >= 4 is 5.69 Å². The third-order valence-corrected chi connectivity index (χ3v) is 3.29.